The zero-order valence-corrected chi connectivity index (χ0v) is 11.1. The van der Waals surface area contributed by atoms with Gasteiger partial charge in [-0.15, -0.1) is 0 Å². The number of aromatic nitrogens is 2. The molecule has 0 unspecified atom stereocenters. The second-order valence-electron chi connectivity index (χ2n) is 3.86. The van der Waals surface area contributed by atoms with E-state index in [-0.39, 0.29) is 0 Å². The number of aryl methyl sites for hydroxylation is 1. The number of hydrogen-bond donors (Lipinski definition) is 2. The molecule has 0 saturated carbocycles. The molecule has 4 nitrogen and oxygen atoms in total. The minimum atomic E-state index is 0.500. The number of benzene rings is 1. The van der Waals surface area contributed by atoms with Gasteiger partial charge in [0.2, 0.25) is 5.95 Å². The molecule has 0 fully saturated rings. The Morgan fingerprint density at radius 1 is 1.28 bits per heavy atom. The van der Waals surface area contributed by atoms with Crippen molar-refractivity contribution in [1.29, 1.82) is 0 Å². The third-order valence-electron chi connectivity index (χ3n) is 2.48. The highest BCUT2D eigenvalue weighted by molar-refractivity contribution is 6.32. The molecular formula is C13H15ClN4. The highest BCUT2D eigenvalue weighted by Crippen LogP contribution is 2.25. The van der Waals surface area contributed by atoms with Crippen LogP contribution in [0.1, 0.15) is 12.5 Å². The minimum Gasteiger partial charge on any atom is -0.354 e. The molecule has 1 aromatic heterocycles. The summed E-state index contributed by atoms with van der Waals surface area (Å²) in [6.45, 7) is 4.79. The van der Waals surface area contributed by atoms with E-state index in [2.05, 4.69) is 20.6 Å². The lowest BCUT2D eigenvalue weighted by molar-refractivity contribution is 1.09. The largest absolute Gasteiger partial charge is 0.354 e. The summed E-state index contributed by atoms with van der Waals surface area (Å²) in [5, 5.41) is 6.77. The molecule has 18 heavy (non-hydrogen) atoms. The van der Waals surface area contributed by atoms with Crippen molar-refractivity contribution in [2.75, 3.05) is 17.2 Å². The van der Waals surface area contributed by atoms with E-state index in [4.69, 9.17) is 11.6 Å². The fraction of sp³-hybridized carbons (Fsp3) is 0.231. The van der Waals surface area contributed by atoms with E-state index in [9.17, 15) is 0 Å². The van der Waals surface area contributed by atoms with Crippen molar-refractivity contribution in [1.82, 2.24) is 9.97 Å². The molecule has 0 atom stereocenters. The van der Waals surface area contributed by atoms with Crippen LogP contribution in [0.25, 0.3) is 0 Å². The van der Waals surface area contributed by atoms with Crippen LogP contribution < -0.4 is 10.6 Å². The third-order valence-corrected chi connectivity index (χ3v) is 2.75. The van der Waals surface area contributed by atoms with E-state index in [1.807, 2.05) is 38.1 Å². The van der Waals surface area contributed by atoms with Crippen LogP contribution in [0.5, 0.6) is 0 Å². The van der Waals surface area contributed by atoms with Gasteiger partial charge in [-0.25, -0.2) is 4.98 Å². The van der Waals surface area contributed by atoms with Crippen molar-refractivity contribution < 1.29 is 0 Å². The molecule has 5 heteroatoms. The Hall–Kier alpha value is -1.81. The first-order valence-corrected chi connectivity index (χ1v) is 6.17. The molecule has 0 radical (unpaired) electrons. The van der Waals surface area contributed by atoms with Gasteiger partial charge in [0.15, 0.2) is 5.82 Å². The summed E-state index contributed by atoms with van der Waals surface area (Å²) >= 11 is 6.08. The van der Waals surface area contributed by atoms with E-state index < -0.39 is 0 Å². The van der Waals surface area contributed by atoms with E-state index in [0.29, 0.717) is 16.8 Å². The van der Waals surface area contributed by atoms with Crippen molar-refractivity contribution >= 4 is 29.1 Å². The molecular weight excluding hydrogens is 248 g/mol. The average molecular weight is 263 g/mol. The fourth-order valence-electron chi connectivity index (χ4n) is 1.54. The maximum atomic E-state index is 6.08. The van der Waals surface area contributed by atoms with Crippen molar-refractivity contribution in [3.05, 3.63) is 41.0 Å². The van der Waals surface area contributed by atoms with E-state index in [1.165, 1.54) is 0 Å². The quantitative estimate of drug-likeness (QED) is 0.884. The number of anilines is 3. The maximum Gasteiger partial charge on any atom is 0.224 e. The molecule has 1 heterocycles. The monoisotopic (exact) mass is 262 g/mol. The van der Waals surface area contributed by atoms with Crippen LogP contribution in [0, 0.1) is 6.92 Å². The number of halogens is 1. The number of nitrogens with zero attached hydrogens (tertiary/aromatic N) is 2. The van der Waals surface area contributed by atoms with Gasteiger partial charge in [0.25, 0.3) is 0 Å². The highest BCUT2D eigenvalue weighted by atomic mass is 35.5. The molecule has 0 bridgehead atoms. The minimum absolute atomic E-state index is 0.500. The molecule has 0 aliphatic heterocycles. The van der Waals surface area contributed by atoms with Crippen molar-refractivity contribution in [2.24, 2.45) is 0 Å². The molecule has 1 aromatic carbocycles. The summed E-state index contributed by atoms with van der Waals surface area (Å²) in [6, 6.07) is 7.98. The predicted octanol–water partition coefficient (Wildman–Crippen LogP) is 3.61. The summed E-state index contributed by atoms with van der Waals surface area (Å²) in [7, 11) is 0. The van der Waals surface area contributed by atoms with Gasteiger partial charge in [-0.05, 0) is 25.5 Å². The number of nitrogens with one attached hydrogen (secondary N) is 2. The van der Waals surface area contributed by atoms with Gasteiger partial charge >= 0.3 is 0 Å². The lowest BCUT2D eigenvalue weighted by atomic mass is 10.2. The van der Waals surface area contributed by atoms with Crippen molar-refractivity contribution in [2.45, 2.75) is 13.8 Å². The number of para-hydroxylation sites is 1. The zero-order valence-electron chi connectivity index (χ0n) is 10.4. The maximum absolute atomic E-state index is 6.08. The highest BCUT2D eigenvalue weighted by Gasteiger charge is 2.06. The molecule has 2 N–H and O–H groups in total. The Morgan fingerprint density at radius 3 is 2.78 bits per heavy atom. The molecule has 2 aromatic rings. The molecule has 94 valence electrons. The summed E-state index contributed by atoms with van der Waals surface area (Å²) < 4.78 is 0. The van der Waals surface area contributed by atoms with E-state index in [0.717, 1.165) is 17.8 Å². The van der Waals surface area contributed by atoms with E-state index in [1.54, 1.807) is 6.20 Å². The van der Waals surface area contributed by atoms with Gasteiger partial charge in [-0.1, -0.05) is 29.8 Å². The van der Waals surface area contributed by atoms with Gasteiger partial charge in [0, 0.05) is 12.2 Å². The summed E-state index contributed by atoms with van der Waals surface area (Å²) in [4.78, 5) is 8.43. The SMILES string of the molecule is CCNc1ncc(Cl)c(Nc2ccccc2C)n1. The Bertz CT molecular complexity index is 542. The molecule has 2 rings (SSSR count). The van der Waals surface area contributed by atoms with Gasteiger partial charge in [-0.3, -0.25) is 0 Å². The Balaban J connectivity index is 2.28. The van der Waals surface area contributed by atoms with Crippen LogP contribution in [-0.2, 0) is 0 Å². The van der Waals surface area contributed by atoms with Crippen LogP contribution in [0.4, 0.5) is 17.5 Å². The van der Waals surface area contributed by atoms with E-state index >= 15 is 0 Å². The molecule has 0 aliphatic carbocycles. The molecule has 0 aliphatic rings. The second-order valence-corrected chi connectivity index (χ2v) is 4.27. The molecule has 0 spiro atoms. The van der Waals surface area contributed by atoms with Gasteiger partial charge in [0.05, 0.1) is 6.20 Å². The summed E-state index contributed by atoms with van der Waals surface area (Å²) in [5.74, 6) is 1.18. The van der Waals surface area contributed by atoms with Crippen LogP contribution in [0.15, 0.2) is 30.5 Å². The van der Waals surface area contributed by atoms with Crippen molar-refractivity contribution in [3.8, 4) is 0 Å². The normalized spacial score (nSPS) is 10.2. The predicted molar refractivity (Wildman–Crippen MR) is 75.7 cm³/mol. The average Bonchev–Trinajstić information content (AvgIpc) is 2.36. The lowest BCUT2D eigenvalue weighted by Gasteiger charge is -2.11. The zero-order chi connectivity index (χ0) is 13.0. The van der Waals surface area contributed by atoms with Crippen LogP contribution in [0.2, 0.25) is 5.02 Å². The second kappa shape index (κ2) is 5.69. The lowest BCUT2D eigenvalue weighted by Crippen LogP contribution is -2.04. The molecule has 0 saturated heterocycles. The van der Waals surface area contributed by atoms with Crippen LogP contribution in [-0.4, -0.2) is 16.5 Å². The van der Waals surface area contributed by atoms with Gasteiger partial charge in [0.1, 0.15) is 5.02 Å². The van der Waals surface area contributed by atoms with Crippen LogP contribution in [0.3, 0.4) is 0 Å². The third kappa shape index (κ3) is 2.90. The standard InChI is InChI=1S/C13H15ClN4/c1-3-15-13-16-8-10(14)12(18-13)17-11-7-5-4-6-9(11)2/h4-8H,3H2,1-2H3,(H2,15,16,17,18). The first-order chi connectivity index (χ1) is 8.70. The summed E-state index contributed by atoms with van der Waals surface area (Å²) in [5.41, 5.74) is 2.12. The topological polar surface area (TPSA) is 49.8 Å². The van der Waals surface area contributed by atoms with Gasteiger partial charge in [-0.2, -0.15) is 4.98 Å². The number of rotatable bonds is 4. The van der Waals surface area contributed by atoms with Gasteiger partial charge < -0.3 is 10.6 Å². The van der Waals surface area contributed by atoms with Crippen molar-refractivity contribution in [3.63, 3.8) is 0 Å². The first kappa shape index (κ1) is 12.6. The molecule has 0 amide bonds. The fourth-order valence-corrected chi connectivity index (χ4v) is 1.68. The number of hydrogen-bond acceptors (Lipinski definition) is 4. The Kier molecular flexibility index (Phi) is 3.99. The first-order valence-electron chi connectivity index (χ1n) is 5.79. The summed E-state index contributed by atoms with van der Waals surface area (Å²) in [6.07, 6.45) is 1.59. The van der Waals surface area contributed by atoms with Crippen LogP contribution >= 0.6 is 11.6 Å². The smallest absolute Gasteiger partial charge is 0.224 e. The Morgan fingerprint density at radius 2 is 2.06 bits per heavy atom. The Labute approximate surface area is 111 Å².